The minimum Gasteiger partial charge on any atom is -0.472 e. The van der Waals surface area contributed by atoms with Gasteiger partial charge in [-0.15, -0.1) is 0 Å². The maximum atomic E-state index is 12.7. The van der Waals surface area contributed by atoms with Crippen molar-refractivity contribution in [2.75, 3.05) is 5.32 Å². The van der Waals surface area contributed by atoms with E-state index in [1.807, 2.05) is 12.1 Å². The molecule has 146 valence electrons. The zero-order chi connectivity index (χ0) is 20.4. The smallest absolute Gasteiger partial charge is 0.411 e. The van der Waals surface area contributed by atoms with Crippen molar-refractivity contribution in [3.8, 4) is 11.3 Å². The molecule has 0 radical (unpaired) electrons. The number of ether oxygens (including phenoxy) is 1. The summed E-state index contributed by atoms with van der Waals surface area (Å²) in [5, 5.41) is 7.05. The fraction of sp³-hybridized carbons (Fsp3) is 0.143. The van der Waals surface area contributed by atoms with Crippen molar-refractivity contribution in [1.29, 1.82) is 0 Å². The van der Waals surface area contributed by atoms with Crippen molar-refractivity contribution in [2.24, 2.45) is 0 Å². The number of nitrogens with one attached hydrogen (secondary N) is 1. The van der Waals surface area contributed by atoms with Gasteiger partial charge in [0.15, 0.2) is 5.65 Å². The van der Waals surface area contributed by atoms with Gasteiger partial charge >= 0.3 is 6.09 Å². The van der Waals surface area contributed by atoms with Gasteiger partial charge in [0.1, 0.15) is 6.26 Å². The van der Waals surface area contributed by atoms with Crippen molar-refractivity contribution < 1.29 is 18.7 Å². The molecular formula is C21H18N4O4. The molecule has 0 fully saturated rings. The molecule has 3 aromatic heterocycles. The van der Waals surface area contributed by atoms with Crippen LogP contribution < -0.4 is 5.32 Å². The summed E-state index contributed by atoms with van der Waals surface area (Å²) in [6.45, 7) is 3.56. The van der Waals surface area contributed by atoms with Gasteiger partial charge in [0.05, 0.1) is 35.4 Å². The summed E-state index contributed by atoms with van der Waals surface area (Å²) in [7, 11) is 0. The Morgan fingerprint density at radius 3 is 2.83 bits per heavy atom. The first kappa shape index (κ1) is 18.4. The Morgan fingerprint density at radius 1 is 1.21 bits per heavy atom. The second-order valence-electron chi connectivity index (χ2n) is 6.62. The molecule has 1 aromatic carbocycles. The van der Waals surface area contributed by atoms with Gasteiger partial charge < -0.3 is 9.15 Å². The summed E-state index contributed by atoms with van der Waals surface area (Å²) in [5.41, 5.74) is 3.35. The summed E-state index contributed by atoms with van der Waals surface area (Å²) >= 11 is 0. The van der Waals surface area contributed by atoms with E-state index in [4.69, 9.17) is 9.15 Å². The highest BCUT2D eigenvalue weighted by atomic mass is 16.6. The molecule has 8 heteroatoms. The van der Waals surface area contributed by atoms with Crippen molar-refractivity contribution >= 4 is 23.2 Å². The number of benzene rings is 1. The highest BCUT2D eigenvalue weighted by Crippen LogP contribution is 2.25. The largest absolute Gasteiger partial charge is 0.472 e. The van der Waals surface area contributed by atoms with Gasteiger partial charge in [0, 0.05) is 17.4 Å². The van der Waals surface area contributed by atoms with E-state index in [9.17, 15) is 9.59 Å². The predicted octanol–water partition coefficient (Wildman–Crippen LogP) is 4.18. The second-order valence-corrected chi connectivity index (χ2v) is 6.62. The first-order valence-electron chi connectivity index (χ1n) is 9.00. The minimum atomic E-state index is -0.524. The molecule has 4 aromatic rings. The van der Waals surface area contributed by atoms with Crippen LogP contribution in [-0.4, -0.2) is 32.6 Å². The van der Waals surface area contributed by atoms with Crippen molar-refractivity contribution in [1.82, 2.24) is 14.6 Å². The molecule has 0 aliphatic rings. The Bertz CT molecular complexity index is 1180. The van der Waals surface area contributed by atoms with E-state index in [0.717, 1.165) is 11.3 Å². The fourth-order valence-corrected chi connectivity index (χ4v) is 2.94. The molecule has 29 heavy (non-hydrogen) atoms. The van der Waals surface area contributed by atoms with Crippen LogP contribution in [-0.2, 0) is 4.74 Å². The average molecular weight is 390 g/mol. The number of hydrogen-bond donors (Lipinski definition) is 1. The standard InChI is InChI=1S/C21H18N4O4/c1-13(2)29-21(27)24-16-5-3-4-14(10-16)18-6-8-22-20-17(11-23-25(18)20)19(26)15-7-9-28-12-15/h3-13H,1-2H3,(H,24,27). The topological polar surface area (TPSA) is 98.7 Å². The number of nitrogens with zero attached hydrogens (tertiary/aromatic N) is 3. The first-order valence-corrected chi connectivity index (χ1v) is 9.00. The lowest BCUT2D eigenvalue weighted by Gasteiger charge is -2.11. The maximum Gasteiger partial charge on any atom is 0.411 e. The van der Waals surface area contributed by atoms with Crippen LogP contribution >= 0.6 is 0 Å². The van der Waals surface area contributed by atoms with Crippen LogP contribution in [0.4, 0.5) is 10.5 Å². The molecule has 0 bridgehead atoms. The molecule has 3 heterocycles. The van der Waals surface area contributed by atoms with Gasteiger partial charge in [-0.25, -0.2) is 14.3 Å². The van der Waals surface area contributed by atoms with E-state index in [2.05, 4.69) is 15.4 Å². The summed E-state index contributed by atoms with van der Waals surface area (Å²) in [4.78, 5) is 28.9. The summed E-state index contributed by atoms with van der Waals surface area (Å²) < 4.78 is 11.7. The Kier molecular flexibility index (Phi) is 4.82. The van der Waals surface area contributed by atoms with Crippen LogP contribution in [0.5, 0.6) is 0 Å². The Hall–Kier alpha value is -3.94. The van der Waals surface area contributed by atoms with Crippen LogP contribution in [0.2, 0.25) is 0 Å². The number of amides is 1. The molecular weight excluding hydrogens is 372 g/mol. The molecule has 1 N–H and O–H groups in total. The first-order chi connectivity index (χ1) is 14.0. The molecule has 0 aliphatic carbocycles. The van der Waals surface area contributed by atoms with Crippen LogP contribution in [0, 0.1) is 0 Å². The third-order valence-electron chi connectivity index (χ3n) is 4.18. The van der Waals surface area contributed by atoms with E-state index < -0.39 is 6.09 Å². The van der Waals surface area contributed by atoms with Gasteiger partial charge in [-0.05, 0) is 38.1 Å². The molecule has 0 aliphatic heterocycles. The van der Waals surface area contributed by atoms with Crippen molar-refractivity contribution in [3.05, 3.63) is 72.4 Å². The number of carbonyl (C=O) groups excluding carboxylic acids is 2. The summed E-state index contributed by atoms with van der Waals surface area (Å²) in [6.07, 6.45) is 5.20. The Labute approximate surface area is 166 Å². The van der Waals surface area contributed by atoms with E-state index in [1.54, 1.807) is 48.8 Å². The molecule has 0 saturated carbocycles. The van der Waals surface area contributed by atoms with Gasteiger partial charge in [-0.2, -0.15) is 5.10 Å². The third-order valence-corrected chi connectivity index (χ3v) is 4.18. The average Bonchev–Trinajstić information content (AvgIpc) is 3.37. The molecule has 0 saturated heterocycles. The third kappa shape index (κ3) is 3.73. The number of hydrogen-bond acceptors (Lipinski definition) is 6. The summed E-state index contributed by atoms with van der Waals surface area (Å²) in [5.74, 6) is -0.217. The highest BCUT2D eigenvalue weighted by Gasteiger charge is 2.18. The van der Waals surface area contributed by atoms with E-state index in [-0.39, 0.29) is 11.9 Å². The van der Waals surface area contributed by atoms with Crippen LogP contribution in [0.1, 0.15) is 29.8 Å². The number of carbonyl (C=O) groups is 2. The van der Waals surface area contributed by atoms with Gasteiger partial charge in [-0.3, -0.25) is 10.1 Å². The molecule has 0 atom stereocenters. The molecule has 4 rings (SSSR count). The number of ketones is 1. The Balaban J connectivity index is 1.69. The normalized spacial score (nSPS) is 11.0. The van der Waals surface area contributed by atoms with Gasteiger partial charge in [0.2, 0.25) is 5.78 Å². The number of fused-ring (bicyclic) bond motifs is 1. The predicted molar refractivity (Wildman–Crippen MR) is 106 cm³/mol. The van der Waals surface area contributed by atoms with E-state index in [1.165, 1.54) is 18.7 Å². The number of rotatable bonds is 5. The minimum absolute atomic E-state index is 0.215. The lowest BCUT2D eigenvalue weighted by atomic mass is 10.1. The quantitative estimate of drug-likeness (QED) is 0.513. The molecule has 0 spiro atoms. The molecule has 8 nitrogen and oxygen atoms in total. The van der Waals surface area contributed by atoms with E-state index >= 15 is 0 Å². The maximum absolute atomic E-state index is 12.7. The fourth-order valence-electron chi connectivity index (χ4n) is 2.94. The Morgan fingerprint density at radius 2 is 2.07 bits per heavy atom. The van der Waals surface area contributed by atoms with Crippen molar-refractivity contribution in [2.45, 2.75) is 20.0 Å². The lowest BCUT2D eigenvalue weighted by molar-refractivity contribution is 0.103. The number of anilines is 1. The zero-order valence-electron chi connectivity index (χ0n) is 15.8. The van der Waals surface area contributed by atoms with Gasteiger partial charge in [0.25, 0.3) is 0 Å². The highest BCUT2D eigenvalue weighted by molar-refractivity contribution is 6.12. The van der Waals surface area contributed by atoms with E-state index in [0.29, 0.717) is 22.5 Å². The number of aromatic nitrogens is 3. The number of furan rings is 1. The lowest BCUT2D eigenvalue weighted by Crippen LogP contribution is -2.17. The van der Waals surface area contributed by atoms with Gasteiger partial charge in [-0.1, -0.05) is 12.1 Å². The zero-order valence-corrected chi connectivity index (χ0v) is 15.8. The van der Waals surface area contributed by atoms with Crippen molar-refractivity contribution in [3.63, 3.8) is 0 Å². The van der Waals surface area contributed by atoms with Crippen LogP contribution in [0.15, 0.2) is 65.7 Å². The molecule has 0 unspecified atom stereocenters. The molecule has 1 amide bonds. The summed E-state index contributed by atoms with van der Waals surface area (Å²) in [6, 6.07) is 10.6. The van der Waals surface area contributed by atoms with Crippen LogP contribution in [0.3, 0.4) is 0 Å². The monoisotopic (exact) mass is 390 g/mol. The second kappa shape index (κ2) is 7.59. The van der Waals surface area contributed by atoms with Crippen LogP contribution in [0.25, 0.3) is 16.9 Å². The SMILES string of the molecule is CC(C)OC(=O)Nc1cccc(-c2ccnc3c(C(=O)c4ccoc4)cnn23)c1.